The largest absolute Gasteiger partial charge is 0.274 e. The zero-order valence-electron chi connectivity index (χ0n) is 15.1. The van der Waals surface area contributed by atoms with E-state index in [-0.39, 0.29) is 17.6 Å². The Morgan fingerprint density at radius 2 is 1.83 bits per heavy atom. The zero-order chi connectivity index (χ0) is 20.4. The van der Waals surface area contributed by atoms with E-state index in [0.717, 1.165) is 11.1 Å². The second kappa shape index (κ2) is 7.81. The van der Waals surface area contributed by atoms with Crippen LogP contribution in [0.4, 0.5) is 5.69 Å². The maximum Gasteiger partial charge on any atom is 0.274 e. The molecule has 3 aromatic rings. The van der Waals surface area contributed by atoms with Gasteiger partial charge >= 0.3 is 0 Å². The van der Waals surface area contributed by atoms with Gasteiger partial charge in [-0.3, -0.25) is 19.9 Å². The molecule has 1 aromatic heterocycles. The number of nitro benzene ring substituents is 1. The van der Waals surface area contributed by atoms with Gasteiger partial charge in [0.05, 0.1) is 16.7 Å². The number of hydrazone groups is 1. The van der Waals surface area contributed by atoms with Crippen molar-refractivity contribution < 1.29 is 9.72 Å². The summed E-state index contributed by atoms with van der Waals surface area (Å²) in [7, 11) is 0. The van der Waals surface area contributed by atoms with Crippen molar-refractivity contribution in [3.05, 3.63) is 105 Å². The van der Waals surface area contributed by atoms with E-state index < -0.39 is 4.92 Å². The fourth-order valence-electron chi connectivity index (χ4n) is 3.21. The summed E-state index contributed by atoms with van der Waals surface area (Å²) in [5, 5.41) is 17.4. The van der Waals surface area contributed by atoms with Crippen molar-refractivity contribution in [1.29, 1.82) is 0 Å². The third-order valence-electron chi connectivity index (χ3n) is 4.69. The maximum atomic E-state index is 13.1. The monoisotopic (exact) mass is 406 g/mol. The Bertz CT molecular complexity index is 1080. The van der Waals surface area contributed by atoms with Crippen LogP contribution in [0.1, 0.15) is 33.9 Å². The van der Waals surface area contributed by atoms with Crippen molar-refractivity contribution >= 4 is 28.9 Å². The first-order valence-electron chi connectivity index (χ1n) is 8.84. The lowest BCUT2D eigenvalue weighted by atomic mass is 9.99. The summed E-state index contributed by atoms with van der Waals surface area (Å²) in [6.45, 7) is 0. The molecule has 0 radical (unpaired) electrons. The van der Waals surface area contributed by atoms with Crippen molar-refractivity contribution in [1.82, 2.24) is 9.99 Å². The van der Waals surface area contributed by atoms with E-state index in [1.807, 2.05) is 12.1 Å². The first-order chi connectivity index (χ1) is 14.0. The fraction of sp³-hybridized carbons (Fsp3) is 0.0952. The predicted molar refractivity (Wildman–Crippen MR) is 109 cm³/mol. The van der Waals surface area contributed by atoms with E-state index >= 15 is 0 Å². The standard InChI is InChI=1S/C21H15ClN4O3/c22-17-7-3-15(4-8-17)21(27)25-20(16-2-1-11-23-13-16)12-19(24-25)14-5-9-18(10-6-14)26(28)29/h1-11,13,20H,12H2. The number of nitro groups is 1. The fourth-order valence-corrected chi connectivity index (χ4v) is 3.33. The topological polar surface area (TPSA) is 88.7 Å². The Kier molecular flexibility index (Phi) is 5.05. The molecular formula is C21H15ClN4O3. The summed E-state index contributed by atoms with van der Waals surface area (Å²) in [5.41, 5.74) is 2.74. The molecule has 0 aliphatic carbocycles. The number of aromatic nitrogens is 1. The molecule has 2 heterocycles. The maximum absolute atomic E-state index is 13.1. The highest BCUT2D eigenvalue weighted by molar-refractivity contribution is 6.30. The van der Waals surface area contributed by atoms with E-state index in [2.05, 4.69) is 10.1 Å². The van der Waals surface area contributed by atoms with E-state index in [0.29, 0.717) is 22.7 Å². The summed E-state index contributed by atoms with van der Waals surface area (Å²) in [5.74, 6) is -0.257. The molecule has 144 valence electrons. The van der Waals surface area contributed by atoms with Gasteiger partial charge in [-0.2, -0.15) is 5.10 Å². The summed E-state index contributed by atoms with van der Waals surface area (Å²) < 4.78 is 0. The second-order valence-electron chi connectivity index (χ2n) is 6.51. The molecule has 1 atom stereocenters. The first kappa shape index (κ1) is 18.8. The molecule has 8 heteroatoms. The van der Waals surface area contributed by atoms with Crippen LogP contribution in [0.25, 0.3) is 0 Å². The molecule has 0 spiro atoms. The molecule has 1 unspecified atom stereocenters. The number of amides is 1. The predicted octanol–water partition coefficient (Wildman–Crippen LogP) is 4.63. The van der Waals surface area contributed by atoms with Gasteiger partial charge in [-0.05, 0) is 53.6 Å². The quantitative estimate of drug-likeness (QED) is 0.466. The molecule has 2 aromatic carbocycles. The molecule has 0 saturated heterocycles. The number of carbonyl (C=O) groups is 1. The molecule has 7 nitrogen and oxygen atoms in total. The number of halogens is 1. The smallest absolute Gasteiger partial charge is 0.267 e. The lowest BCUT2D eigenvalue weighted by Crippen LogP contribution is -2.27. The minimum atomic E-state index is -0.449. The SMILES string of the molecule is O=C(c1ccc(Cl)cc1)N1N=C(c2ccc([N+](=O)[O-])cc2)CC1c1cccnc1. The van der Waals surface area contributed by atoms with E-state index in [4.69, 9.17) is 11.6 Å². The van der Waals surface area contributed by atoms with Gasteiger partial charge in [0, 0.05) is 41.5 Å². The molecule has 0 N–H and O–H groups in total. The molecule has 1 aliphatic rings. The van der Waals surface area contributed by atoms with Crippen molar-refractivity contribution in [3.8, 4) is 0 Å². The minimum Gasteiger partial charge on any atom is -0.267 e. The van der Waals surface area contributed by atoms with Gasteiger partial charge in [0.15, 0.2) is 0 Å². The molecule has 29 heavy (non-hydrogen) atoms. The van der Waals surface area contributed by atoms with Crippen LogP contribution in [-0.2, 0) is 0 Å². The molecule has 1 aliphatic heterocycles. The van der Waals surface area contributed by atoms with Crippen LogP contribution in [0, 0.1) is 10.1 Å². The van der Waals surface area contributed by atoms with Gasteiger partial charge in [0.2, 0.25) is 0 Å². The van der Waals surface area contributed by atoms with Crippen LogP contribution in [0.5, 0.6) is 0 Å². The molecule has 0 saturated carbocycles. The van der Waals surface area contributed by atoms with Crippen LogP contribution >= 0.6 is 11.6 Å². The number of carbonyl (C=O) groups excluding carboxylic acids is 1. The van der Waals surface area contributed by atoms with Gasteiger partial charge in [0.25, 0.3) is 11.6 Å². The second-order valence-corrected chi connectivity index (χ2v) is 6.95. The third kappa shape index (κ3) is 3.86. The number of pyridine rings is 1. The number of benzene rings is 2. The van der Waals surface area contributed by atoms with Gasteiger partial charge in [-0.15, -0.1) is 0 Å². The third-order valence-corrected chi connectivity index (χ3v) is 4.94. The first-order valence-corrected chi connectivity index (χ1v) is 9.22. The van der Waals surface area contributed by atoms with Crippen LogP contribution in [0.3, 0.4) is 0 Å². The highest BCUT2D eigenvalue weighted by atomic mass is 35.5. The Hall–Kier alpha value is -3.58. The van der Waals surface area contributed by atoms with Crippen LogP contribution in [0.15, 0.2) is 78.2 Å². The van der Waals surface area contributed by atoms with Gasteiger partial charge in [0.1, 0.15) is 0 Å². The highest BCUT2D eigenvalue weighted by Crippen LogP contribution is 2.34. The lowest BCUT2D eigenvalue weighted by molar-refractivity contribution is -0.384. The summed E-state index contributed by atoms with van der Waals surface area (Å²) in [6.07, 6.45) is 3.85. The van der Waals surface area contributed by atoms with E-state index in [1.54, 1.807) is 48.8 Å². The van der Waals surface area contributed by atoms with Crippen LogP contribution < -0.4 is 0 Å². The molecular weight excluding hydrogens is 392 g/mol. The molecule has 4 rings (SSSR count). The average molecular weight is 407 g/mol. The van der Waals surface area contributed by atoms with Gasteiger partial charge < -0.3 is 0 Å². The number of hydrogen-bond acceptors (Lipinski definition) is 5. The number of non-ortho nitro benzene ring substituents is 1. The highest BCUT2D eigenvalue weighted by Gasteiger charge is 2.33. The van der Waals surface area contributed by atoms with E-state index in [1.165, 1.54) is 17.1 Å². The van der Waals surface area contributed by atoms with Crippen LogP contribution in [-0.4, -0.2) is 26.5 Å². The normalized spacial score (nSPS) is 15.8. The number of hydrogen-bond donors (Lipinski definition) is 0. The summed E-state index contributed by atoms with van der Waals surface area (Å²) in [6, 6.07) is 16.2. The van der Waals surface area contributed by atoms with Gasteiger partial charge in [-0.1, -0.05) is 17.7 Å². The molecule has 0 fully saturated rings. The summed E-state index contributed by atoms with van der Waals surface area (Å²) in [4.78, 5) is 27.7. The molecule has 1 amide bonds. The van der Waals surface area contributed by atoms with Crippen molar-refractivity contribution in [2.45, 2.75) is 12.5 Å². The Labute approximate surface area is 171 Å². The van der Waals surface area contributed by atoms with Crippen molar-refractivity contribution in [3.63, 3.8) is 0 Å². The zero-order valence-corrected chi connectivity index (χ0v) is 15.9. The Balaban J connectivity index is 1.70. The Morgan fingerprint density at radius 1 is 1.10 bits per heavy atom. The van der Waals surface area contributed by atoms with Gasteiger partial charge in [-0.25, -0.2) is 5.01 Å². The van der Waals surface area contributed by atoms with Crippen molar-refractivity contribution in [2.75, 3.05) is 0 Å². The lowest BCUT2D eigenvalue weighted by Gasteiger charge is -2.21. The Morgan fingerprint density at radius 3 is 2.45 bits per heavy atom. The molecule has 0 bridgehead atoms. The minimum absolute atomic E-state index is 0.00486. The number of nitrogens with zero attached hydrogens (tertiary/aromatic N) is 4. The van der Waals surface area contributed by atoms with E-state index in [9.17, 15) is 14.9 Å². The summed E-state index contributed by atoms with van der Waals surface area (Å²) >= 11 is 5.93. The van der Waals surface area contributed by atoms with Crippen molar-refractivity contribution in [2.24, 2.45) is 5.10 Å². The van der Waals surface area contributed by atoms with Crippen LogP contribution in [0.2, 0.25) is 5.02 Å². The average Bonchev–Trinajstić information content (AvgIpc) is 3.20. The number of rotatable bonds is 4.